The molecule has 1 aromatic carbocycles. The Balaban J connectivity index is 2.15. The van der Waals surface area contributed by atoms with Crippen LogP contribution in [0.4, 0.5) is 0 Å². The fraction of sp³-hybridized carbons (Fsp3) is 0.350. The van der Waals surface area contributed by atoms with Crippen molar-refractivity contribution in [2.75, 3.05) is 13.7 Å². The summed E-state index contributed by atoms with van der Waals surface area (Å²) in [5, 5.41) is 1.35. The van der Waals surface area contributed by atoms with Crippen molar-refractivity contribution < 1.29 is 4.74 Å². The van der Waals surface area contributed by atoms with Gasteiger partial charge in [0.15, 0.2) is 0 Å². The van der Waals surface area contributed by atoms with E-state index in [-0.39, 0.29) is 0 Å². The second-order valence-electron chi connectivity index (χ2n) is 6.26. The highest BCUT2D eigenvalue weighted by Gasteiger charge is 2.16. The molecule has 0 saturated carbocycles. The number of H-pyrrole nitrogens is 1. The number of nitrogens with zero attached hydrogens (tertiary/aromatic N) is 1. The quantitative estimate of drug-likeness (QED) is 0.670. The zero-order valence-electron chi connectivity index (χ0n) is 14.6. The van der Waals surface area contributed by atoms with Gasteiger partial charge in [0.2, 0.25) is 5.88 Å². The molecule has 4 heteroatoms. The van der Waals surface area contributed by atoms with Crippen LogP contribution in [0.5, 0.6) is 5.88 Å². The molecule has 0 fully saturated rings. The van der Waals surface area contributed by atoms with Gasteiger partial charge in [-0.25, -0.2) is 4.98 Å². The molecule has 126 valence electrons. The molecule has 24 heavy (non-hydrogen) atoms. The van der Waals surface area contributed by atoms with Crippen molar-refractivity contribution in [3.8, 4) is 17.1 Å². The summed E-state index contributed by atoms with van der Waals surface area (Å²) in [5.74, 6) is 0.631. The van der Waals surface area contributed by atoms with Crippen LogP contribution in [0.3, 0.4) is 0 Å². The molecule has 2 heterocycles. The third kappa shape index (κ3) is 3.02. The SMILES string of the molecule is COc1ccc(-c2[nH]c3c(C)ccc(C)c3c2CCCCN)cn1. The third-order valence-corrected chi connectivity index (χ3v) is 4.59. The van der Waals surface area contributed by atoms with E-state index < -0.39 is 0 Å². The maximum atomic E-state index is 5.68. The summed E-state index contributed by atoms with van der Waals surface area (Å²) in [6, 6.07) is 8.35. The fourth-order valence-corrected chi connectivity index (χ4v) is 3.28. The van der Waals surface area contributed by atoms with Crippen molar-refractivity contribution in [1.82, 2.24) is 9.97 Å². The molecule has 0 radical (unpaired) electrons. The van der Waals surface area contributed by atoms with Gasteiger partial charge in [0.1, 0.15) is 0 Å². The molecule has 0 saturated heterocycles. The Kier molecular flexibility index (Phi) is 4.86. The van der Waals surface area contributed by atoms with Gasteiger partial charge in [-0.2, -0.15) is 0 Å². The van der Waals surface area contributed by atoms with Crippen molar-refractivity contribution in [3.63, 3.8) is 0 Å². The monoisotopic (exact) mass is 323 g/mol. The minimum atomic E-state index is 0.631. The molecule has 0 atom stereocenters. The van der Waals surface area contributed by atoms with Crippen molar-refractivity contribution in [3.05, 3.63) is 47.2 Å². The van der Waals surface area contributed by atoms with Crippen LogP contribution in [0, 0.1) is 13.8 Å². The highest BCUT2D eigenvalue weighted by molar-refractivity contribution is 5.95. The Hall–Kier alpha value is -2.33. The average Bonchev–Trinajstić information content (AvgIpc) is 2.99. The van der Waals surface area contributed by atoms with Crippen molar-refractivity contribution in [1.29, 1.82) is 0 Å². The summed E-state index contributed by atoms with van der Waals surface area (Å²) in [7, 11) is 1.63. The van der Waals surface area contributed by atoms with Crippen LogP contribution in [-0.4, -0.2) is 23.6 Å². The number of hydrogen-bond acceptors (Lipinski definition) is 3. The number of pyridine rings is 1. The smallest absolute Gasteiger partial charge is 0.212 e. The number of aromatic amines is 1. The van der Waals surface area contributed by atoms with Gasteiger partial charge in [-0.3, -0.25) is 0 Å². The molecule has 0 bridgehead atoms. The van der Waals surface area contributed by atoms with Gasteiger partial charge in [0.25, 0.3) is 0 Å². The molecule has 0 aliphatic rings. The summed E-state index contributed by atoms with van der Waals surface area (Å²) in [6.07, 6.45) is 5.02. The molecule has 3 rings (SSSR count). The first-order valence-corrected chi connectivity index (χ1v) is 8.47. The van der Waals surface area contributed by atoms with E-state index >= 15 is 0 Å². The molecule has 0 amide bonds. The summed E-state index contributed by atoms with van der Waals surface area (Å²) in [5.41, 5.74) is 13.1. The Labute approximate surface area is 143 Å². The topological polar surface area (TPSA) is 63.9 Å². The van der Waals surface area contributed by atoms with Crippen LogP contribution in [0.15, 0.2) is 30.5 Å². The zero-order chi connectivity index (χ0) is 17.1. The van der Waals surface area contributed by atoms with E-state index in [1.54, 1.807) is 7.11 Å². The predicted molar refractivity (Wildman–Crippen MR) is 99.5 cm³/mol. The normalized spacial score (nSPS) is 11.2. The second-order valence-corrected chi connectivity index (χ2v) is 6.26. The standard InChI is InChI=1S/C20H25N3O/c1-13-7-8-14(2)19-18(13)16(6-4-5-11-21)20(23-19)15-9-10-17(24-3)22-12-15/h7-10,12,23H,4-6,11,21H2,1-3H3. The maximum absolute atomic E-state index is 5.68. The van der Waals surface area contributed by atoms with E-state index in [1.807, 2.05) is 12.3 Å². The zero-order valence-corrected chi connectivity index (χ0v) is 14.6. The van der Waals surface area contributed by atoms with E-state index in [2.05, 4.69) is 42.0 Å². The molecule has 0 aliphatic heterocycles. The van der Waals surface area contributed by atoms with E-state index in [9.17, 15) is 0 Å². The lowest BCUT2D eigenvalue weighted by atomic mass is 9.97. The molecule has 0 spiro atoms. The first-order chi connectivity index (χ1) is 11.7. The summed E-state index contributed by atoms with van der Waals surface area (Å²) in [4.78, 5) is 8.01. The first-order valence-electron chi connectivity index (χ1n) is 8.47. The van der Waals surface area contributed by atoms with Gasteiger partial charge in [0, 0.05) is 28.7 Å². The maximum Gasteiger partial charge on any atom is 0.212 e. The highest BCUT2D eigenvalue weighted by Crippen LogP contribution is 2.35. The number of aromatic nitrogens is 2. The molecule has 3 aromatic rings. The minimum Gasteiger partial charge on any atom is -0.481 e. The molecule has 0 aliphatic carbocycles. The lowest BCUT2D eigenvalue weighted by Gasteiger charge is -2.07. The van der Waals surface area contributed by atoms with Crippen molar-refractivity contribution >= 4 is 10.9 Å². The Morgan fingerprint density at radius 2 is 1.88 bits per heavy atom. The van der Waals surface area contributed by atoms with Crippen molar-refractivity contribution in [2.45, 2.75) is 33.1 Å². The summed E-state index contributed by atoms with van der Waals surface area (Å²) in [6.45, 7) is 5.07. The van der Waals surface area contributed by atoms with Crippen LogP contribution in [0.2, 0.25) is 0 Å². The van der Waals surface area contributed by atoms with Crippen LogP contribution in [0.25, 0.3) is 22.2 Å². The van der Waals surface area contributed by atoms with Gasteiger partial charge >= 0.3 is 0 Å². The lowest BCUT2D eigenvalue weighted by molar-refractivity contribution is 0.398. The molecular weight excluding hydrogens is 298 g/mol. The number of hydrogen-bond donors (Lipinski definition) is 2. The van der Waals surface area contributed by atoms with Gasteiger partial charge in [-0.1, -0.05) is 12.1 Å². The van der Waals surface area contributed by atoms with Gasteiger partial charge in [-0.05, 0) is 62.4 Å². The number of ether oxygens (including phenoxy) is 1. The first kappa shape index (κ1) is 16.5. The number of nitrogens with two attached hydrogens (primary N) is 1. The summed E-state index contributed by atoms with van der Waals surface area (Å²) < 4.78 is 5.18. The Morgan fingerprint density at radius 1 is 1.08 bits per heavy atom. The number of rotatable bonds is 6. The predicted octanol–water partition coefficient (Wildman–Crippen LogP) is 4.14. The number of unbranched alkanes of at least 4 members (excludes halogenated alkanes) is 1. The molecule has 4 nitrogen and oxygen atoms in total. The number of fused-ring (bicyclic) bond motifs is 1. The lowest BCUT2D eigenvalue weighted by Crippen LogP contribution is -1.99. The van der Waals surface area contributed by atoms with Gasteiger partial charge < -0.3 is 15.5 Å². The summed E-state index contributed by atoms with van der Waals surface area (Å²) >= 11 is 0. The van der Waals surface area contributed by atoms with Crippen LogP contribution in [0.1, 0.15) is 29.5 Å². The molecule has 0 unspecified atom stereocenters. The average molecular weight is 323 g/mol. The largest absolute Gasteiger partial charge is 0.481 e. The third-order valence-electron chi connectivity index (χ3n) is 4.59. The molecular formula is C20H25N3O. The Morgan fingerprint density at radius 3 is 2.54 bits per heavy atom. The number of benzene rings is 1. The Bertz CT molecular complexity index is 834. The molecule has 3 N–H and O–H groups in total. The van der Waals surface area contributed by atoms with Crippen LogP contribution >= 0.6 is 0 Å². The van der Waals surface area contributed by atoms with Crippen LogP contribution < -0.4 is 10.5 Å². The van der Waals surface area contributed by atoms with E-state index in [0.717, 1.165) is 37.1 Å². The van der Waals surface area contributed by atoms with Gasteiger partial charge in [-0.15, -0.1) is 0 Å². The number of aryl methyl sites for hydroxylation is 3. The second kappa shape index (κ2) is 7.05. The van der Waals surface area contributed by atoms with E-state index in [4.69, 9.17) is 10.5 Å². The van der Waals surface area contributed by atoms with Gasteiger partial charge in [0.05, 0.1) is 12.8 Å². The number of methoxy groups -OCH3 is 1. The highest BCUT2D eigenvalue weighted by atomic mass is 16.5. The number of nitrogens with one attached hydrogen (secondary N) is 1. The molecule has 2 aromatic heterocycles. The minimum absolute atomic E-state index is 0.631. The van der Waals surface area contributed by atoms with E-state index in [0.29, 0.717) is 5.88 Å². The van der Waals surface area contributed by atoms with Crippen molar-refractivity contribution in [2.24, 2.45) is 5.73 Å². The van der Waals surface area contributed by atoms with Crippen LogP contribution in [-0.2, 0) is 6.42 Å². The van der Waals surface area contributed by atoms with E-state index in [1.165, 1.54) is 27.6 Å². The fourth-order valence-electron chi connectivity index (χ4n) is 3.28.